The normalized spacial score (nSPS) is 10.8. The van der Waals surface area contributed by atoms with Gasteiger partial charge in [0.1, 0.15) is 5.56 Å². The molecule has 0 fully saturated rings. The fraction of sp³-hybridized carbons (Fsp3) is 0.286. The number of pyridine rings is 1. The van der Waals surface area contributed by atoms with E-state index in [9.17, 15) is 9.59 Å². The Balaban J connectivity index is 2.89. The lowest BCUT2D eigenvalue weighted by molar-refractivity contribution is 0.0524. The number of nitrogens with two attached hydrogens (primary N) is 1. The van der Waals surface area contributed by atoms with Crippen molar-refractivity contribution in [3.63, 3.8) is 0 Å². The molecule has 0 atom stereocenters. The van der Waals surface area contributed by atoms with E-state index in [0.717, 1.165) is 9.09 Å². The average Bonchev–Trinajstić information content (AvgIpc) is 2.43. The number of halogens is 1. The lowest BCUT2D eigenvalue weighted by Crippen LogP contribution is -2.22. The third-order valence-electron chi connectivity index (χ3n) is 3.04. The second-order valence-corrected chi connectivity index (χ2v) is 5.40. The lowest BCUT2D eigenvalue weighted by Gasteiger charge is -2.13. The topological polar surface area (TPSA) is 74.3 Å². The molecule has 1 heterocycles. The summed E-state index contributed by atoms with van der Waals surface area (Å²) < 4.78 is 7.70. The van der Waals surface area contributed by atoms with Gasteiger partial charge < -0.3 is 15.0 Å². The summed E-state index contributed by atoms with van der Waals surface area (Å²) in [6.07, 6.45) is 1.55. The second kappa shape index (κ2) is 5.82. The highest BCUT2D eigenvalue weighted by atomic mass is 127. The number of fused-ring (bicyclic) bond motifs is 1. The molecule has 0 saturated carbocycles. The molecule has 0 spiro atoms. The summed E-state index contributed by atoms with van der Waals surface area (Å²) in [4.78, 5) is 24.4. The molecule has 0 amide bonds. The molecule has 106 valence electrons. The molecular weight excluding hydrogens is 371 g/mol. The maximum atomic E-state index is 12.5. The van der Waals surface area contributed by atoms with Gasteiger partial charge in [-0.15, -0.1) is 0 Å². The summed E-state index contributed by atoms with van der Waals surface area (Å²) in [5, 5.41) is 0.379. The first kappa shape index (κ1) is 14.8. The third-order valence-corrected chi connectivity index (χ3v) is 3.91. The minimum atomic E-state index is -0.611. The fourth-order valence-corrected chi connectivity index (χ4v) is 2.88. The molecule has 0 aliphatic rings. The summed E-state index contributed by atoms with van der Waals surface area (Å²) in [6.45, 7) is 4.50. The van der Waals surface area contributed by atoms with Gasteiger partial charge in [0, 0.05) is 22.0 Å². The zero-order chi connectivity index (χ0) is 14.9. The van der Waals surface area contributed by atoms with E-state index in [4.69, 9.17) is 10.5 Å². The van der Waals surface area contributed by atoms with Crippen LogP contribution in [-0.4, -0.2) is 17.1 Å². The van der Waals surface area contributed by atoms with E-state index in [1.165, 1.54) is 0 Å². The van der Waals surface area contributed by atoms with E-state index < -0.39 is 5.97 Å². The summed E-state index contributed by atoms with van der Waals surface area (Å²) >= 11 is 2.15. The van der Waals surface area contributed by atoms with Gasteiger partial charge in [0.05, 0.1) is 17.5 Å². The summed E-state index contributed by atoms with van der Waals surface area (Å²) in [5.41, 5.74) is 6.70. The Kier molecular flexibility index (Phi) is 4.32. The number of hydrogen-bond donors (Lipinski definition) is 1. The number of aryl methyl sites for hydroxylation is 1. The van der Waals surface area contributed by atoms with Gasteiger partial charge in [-0.05, 0) is 48.6 Å². The van der Waals surface area contributed by atoms with Crippen molar-refractivity contribution in [2.75, 3.05) is 12.3 Å². The average molecular weight is 386 g/mol. The molecule has 0 aliphatic carbocycles. The van der Waals surface area contributed by atoms with E-state index in [2.05, 4.69) is 22.6 Å². The van der Waals surface area contributed by atoms with Crippen molar-refractivity contribution in [3.8, 4) is 0 Å². The van der Waals surface area contributed by atoms with Crippen molar-refractivity contribution < 1.29 is 9.53 Å². The van der Waals surface area contributed by atoms with Crippen LogP contribution in [0.1, 0.15) is 24.2 Å². The minimum absolute atomic E-state index is 0.0231. The molecule has 5 nitrogen and oxygen atoms in total. The van der Waals surface area contributed by atoms with E-state index in [1.807, 2.05) is 17.6 Å². The molecule has 20 heavy (non-hydrogen) atoms. The molecule has 0 saturated heterocycles. The molecule has 2 rings (SSSR count). The quantitative estimate of drug-likeness (QED) is 0.500. The molecule has 0 aliphatic heterocycles. The lowest BCUT2D eigenvalue weighted by atomic mass is 10.1. The van der Waals surface area contributed by atoms with Crippen LogP contribution < -0.4 is 11.2 Å². The molecule has 1 aromatic heterocycles. The van der Waals surface area contributed by atoms with Crippen LogP contribution in [0, 0.1) is 3.57 Å². The Labute approximate surface area is 129 Å². The number of aromatic nitrogens is 1. The highest BCUT2D eigenvalue weighted by molar-refractivity contribution is 14.1. The van der Waals surface area contributed by atoms with Crippen LogP contribution in [0.2, 0.25) is 0 Å². The number of benzene rings is 1. The highest BCUT2D eigenvalue weighted by Crippen LogP contribution is 2.24. The number of esters is 1. The Bertz CT molecular complexity index is 737. The largest absolute Gasteiger partial charge is 0.462 e. The van der Waals surface area contributed by atoms with Crippen LogP contribution in [0.15, 0.2) is 23.1 Å². The van der Waals surface area contributed by atoms with Crippen molar-refractivity contribution >= 4 is 45.2 Å². The van der Waals surface area contributed by atoms with E-state index in [0.29, 0.717) is 17.6 Å². The van der Waals surface area contributed by atoms with Crippen molar-refractivity contribution in [3.05, 3.63) is 37.7 Å². The van der Waals surface area contributed by atoms with Crippen molar-refractivity contribution in [2.24, 2.45) is 0 Å². The van der Waals surface area contributed by atoms with Crippen LogP contribution in [0.4, 0.5) is 5.69 Å². The number of anilines is 1. The molecule has 0 bridgehead atoms. The number of carbonyl (C=O) groups excluding carboxylic acids is 1. The van der Waals surface area contributed by atoms with Gasteiger partial charge in [-0.25, -0.2) is 4.79 Å². The van der Waals surface area contributed by atoms with Crippen molar-refractivity contribution in [2.45, 2.75) is 20.4 Å². The second-order valence-electron chi connectivity index (χ2n) is 4.24. The Morgan fingerprint density at radius 1 is 1.40 bits per heavy atom. The van der Waals surface area contributed by atoms with Gasteiger partial charge in [0.2, 0.25) is 5.43 Å². The van der Waals surface area contributed by atoms with Crippen LogP contribution in [0.3, 0.4) is 0 Å². The first-order chi connectivity index (χ1) is 9.51. The summed E-state index contributed by atoms with van der Waals surface area (Å²) in [6, 6.07) is 3.54. The summed E-state index contributed by atoms with van der Waals surface area (Å²) in [5.74, 6) is -0.611. The number of carbonyl (C=O) groups is 1. The van der Waals surface area contributed by atoms with Crippen LogP contribution in [0.5, 0.6) is 0 Å². The minimum Gasteiger partial charge on any atom is -0.462 e. The van der Waals surface area contributed by atoms with Gasteiger partial charge >= 0.3 is 5.97 Å². The number of ether oxygens (including phenoxy) is 1. The molecule has 2 N–H and O–H groups in total. The molecular formula is C14H15IN2O3. The Morgan fingerprint density at radius 3 is 2.70 bits per heavy atom. The molecule has 0 radical (unpaired) electrons. The maximum absolute atomic E-state index is 12.5. The Hall–Kier alpha value is -1.57. The van der Waals surface area contributed by atoms with E-state index >= 15 is 0 Å². The van der Waals surface area contributed by atoms with Gasteiger partial charge in [-0.1, -0.05) is 0 Å². The van der Waals surface area contributed by atoms with Crippen LogP contribution in [-0.2, 0) is 11.3 Å². The smallest absolute Gasteiger partial charge is 0.343 e. The highest BCUT2D eigenvalue weighted by Gasteiger charge is 2.18. The van der Waals surface area contributed by atoms with Gasteiger partial charge in [-0.2, -0.15) is 0 Å². The molecule has 6 heteroatoms. The SMILES string of the molecule is CCOC(=O)c1cn(CC)c2c(I)ccc(N)c2c1=O. The molecule has 0 unspecified atom stereocenters. The van der Waals surface area contributed by atoms with Crippen molar-refractivity contribution in [1.29, 1.82) is 0 Å². The van der Waals surface area contributed by atoms with Gasteiger partial charge in [0.15, 0.2) is 0 Å². The zero-order valence-electron chi connectivity index (χ0n) is 11.3. The predicted octanol–water partition coefficient (Wildman–Crippen LogP) is 2.38. The first-order valence-corrected chi connectivity index (χ1v) is 7.37. The first-order valence-electron chi connectivity index (χ1n) is 6.29. The molecule has 1 aromatic carbocycles. The standard InChI is InChI=1S/C14H15IN2O3/c1-3-17-7-8(14(19)20-4-2)13(18)11-10(16)6-5-9(15)12(11)17/h5-7H,3-4,16H2,1-2H3. The van der Waals surface area contributed by atoms with Crippen molar-refractivity contribution in [1.82, 2.24) is 4.57 Å². The fourth-order valence-electron chi connectivity index (χ4n) is 2.12. The number of rotatable bonds is 3. The maximum Gasteiger partial charge on any atom is 0.343 e. The number of hydrogen-bond acceptors (Lipinski definition) is 4. The molecule has 2 aromatic rings. The van der Waals surface area contributed by atoms with Crippen LogP contribution >= 0.6 is 22.6 Å². The third kappa shape index (κ3) is 2.39. The number of nitrogen functional groups attached to an aromatic ring is 1. The number of nitrogens with zero attached hydrogens (tertiary/aromatic N) is 1. The van der Waals surface area contributed by atoms with Gasteiger partial charge in [-0.3, -0.25) is 4.79 Å². The zero-order valence-corrected chi connectivity index (χ0v) is 13.4. The Morgan fingerprint density at radius 2 is 2.10 bits per heavy atom. The van der Waals surface area contributed by atoms with E-state index in [1.54, 1.807) is 19.2 Å². The summed E-state index contributed by atoms with van der Waals surface area (Å²) in [7, 11) is 0. The van der Waals surface area contributed by atoms with E-state index in [-0.39, 0.29) is 17.6 Å². The van der Waals surface area contributed by atoms with Gasteiger partial charge in [0.25, 0.3) is 0 Å². The monoisotopic (exact) mass is 386 g/mol. The van der Waals surface area contributed by atoms with Crippen LogP contribution in [0.25, 0.3) is 10.9 Å². The predicted molar refractivity (Wildman–Crippen MR) is 87.0 cm³/mol.